The van der Waals surface area contributed by atoms with E-state index in [0.29, 0.717) is 6.54 Å². The SMILES string of the molecule is NC(=O)C(N)CN1CCCCCC1CO. The Balaban J connectivity index is 2.51. The van der Waals surface area contributed by atoms with Crippen molar-refractivity contribution in [3.8, 4) is 0 Å². The van der Waals surface area contributed by atoms with Crippen LogP contribution in [0.3, 0.4) is 0 Å². The first-order chi connectivity index (χ1) is 7.15. The van der Waals surface area contributed by atoms with E-state index in [-0.39, 0.29) is 12.6 Å². The van der Waals surface area contributed by atoms with Gasteiger partial charge in [-0.25, -0.2) is 0 Å². The summed E-state index contributed by atoms with van der Waals surface area (Å²) in [7, 11) is 0. The van der Waals surface area contributed by atoms with Crippen molar-refractivity contribution in [2.45, 2.75) is 37.8 Å². The highest BCUT2D eigenvalue weighted by atomic mass is 16.3. The summed E-state index contributed by atoms with van der Waals surface area (Å²) in [6, 6.07) is -0.491. The van der Waals surface area contributed by atoms with Crippen molar-refractivity contribution >= 4 is 5.91 Å². The highest BCUT2D eigenvalue weighted by Gasteiger charge is 2.23. The molecule has 1 amide bonds. The van der Waals surface area contributed by atoms with Gasteiger partial charge in [0.2, 0.25) is 5.91 Å². The Hall–Kier alpha value is -0.650. The maximum absolute atomic E-state index is 10.9. The summed E-state index contributed by atoms with van der Waals surface area (Å²) in [6.45, 7) is 1.48. The van der Waals surface area contributed by atoms with Crippen LogP contribution in [0.2, 0.25) is 0 Å². The first kappa shape index (κ1) is 12.4. The molecule has 0 saturated carbocycles. The average molecular weight is 215 g/mol. The largest absolute Gasteiger partial charge is 0.395 e. The van der Waals surface area contributed by atoms with Gasteiger partial charge < -0.3 is 16.6 Å². The number of aliphatic hydroxyl groups excluding tert-OH is 1. The number of likely N-dealkylation sites (tertiary alicyclic amines) is 1. The predicted octanol–water partition coefficient (Wildman–Crippen LogP) is -0.964. The Kier molecular flexibility index (Phi) is 5.01. The molecule has 5 heteroatoms. The lowest BCUT2D eigenvalue weighted by atomic mass is 10.1. The van der Waals surface area contributed by atoms with Gasteiger partial charge in [0.1, 0.15) is 0 Å². The monoisotopic (exact) mass is 215 g/mol. The number of nitrogens with zero attached hydrogens (tertiary/aromatic N) is 1. The summed E-state index contributed by atoms with van der Waals surface area (Å²) in [4.78, 5) is 12.9. The molecule has 5 N–H and O–H groups in total. The number of carbonyl (C=O) groups is 1. The van der Waals surface area contributed by atoms with Crippen LogP contribution in [0.4, 0.5) is 0 Å². The van der Waals surface area contributed by atoms with E-state index in [9.17, 15) is 9.90 Å². The van der Waals surface area contributed by atoms with Crippen LogP contribution in [0.5, 0.6) is 0 Å². The number of rotatable bonds is 4. The smallest absolute Gasteiger partial charge is 0.235 e. The van der Waals surface area contributed by atoms with Gasteiger partial charge >= 0.3 is 0 Å². The van der Waals surface area contributed by atoms with Gasteiger partial charge in [-0.2, -0.15) is 0 Å². The third-order valence-corrected chi connectivity index (χ3v) is 3.01. The van der Waals surface area contributed by atoms with E-state index in [0.717, 1.165) is 25.8 Å². The van der Waals surface area contributed by atoms with Crippen molar-refractivity contribution in [1.82, 2.24) is 4.90 Å². The third-order valence-electron chi connectivity index (χ3n) is 3.01. The van der Waals surface area contributed by atoms with Gasteiger partial charge in [-0.15, -0.1) is 0 Å². The molecule has 0 aromatic heterocycles. The molecule has 0 aromatic rings. The predicted molar refractivity (Wildman–Crippen MR) is 58.1 cm³/mol. The molecule has 1 aliphatic heterocycles. The van der Waals surface area contributed by atoms with E-state index < -0.39 is 11.9 Å². The van der Waals surface area contributed by atoms with Crippen LogP contribution in [0.15, 0.2) is 0 Å². The van der Waals surface area contributed by atoms with Crippen molar-refractivity contribution in [2.75, 3.05) is 19.7 Å². The van der Waals surface area contributed by atoms with Gasteiger partial charge in [0.25, 0.3) is 0 Å². The molecule has 1 fully saturated rings. The number of aliphatic hydroxyl groups is 1. The van der Waals surface area contributed by atoms with Crippen LogP contribution in [0.25, 0.3) is 0 Å². The average Bonchev–Trinajstić information content (AvgIpc) is 2.42. The molecule has 5 nitrogen and oxygen atoms in total. The molecule has 0 radical (unpaired) electrons. The fourth-order valence-corrected chi connectivity index (χ4v) is 2.03. The van der Waals surface area contributed by atoms with Crippen LogP contribution < -0.4 is 11.5 Å². The van der Waals surface area contributed by atoms with E-state index in [2.05, 4.69) is 4.90 Å². The lowest BCUT2D eigenvalue weighted by Crippen LogP contribution is -2.49. The summed E-state index contributed by atoms with van der Waals surface area (Å²) < 4.78 is 0. The zero-order chi connectivity index (χ0) is 11.3. The van der Waals surface area contributed by atoms with E-state index in [1.165, 1.54) is 6.42 Å². The molecule has 1 aliphatic rings. The summed E-state index contributed by atoms with van der Waals surface area (Å²) in [5.74, 6) is -0.476. The molecule has 1 heterocycles. The molecule has 0 spiro atoms. The topological polar surface area (TPSA) is 92.6 Å². The van der Waals surface area contributed by atoms with Crippen molar-refractivity contribution in [3.05, 3.63) is 0 Å². The Labute approximate surface area is 90.4 Å². The summed E-state index contributed by atoms with van der Waals surface area (Å²) in [6.07, 6.45) is 4.39. The van der Waals surface area contributed by atoms with Gasteiger partial charge in [-0.05, 0) is 19.4 Å². The van der Waals surface area contributed by atoms with Crippen molar-refractivity contribution in [2.24, 2.45) is 11.5 Å². The normalized spacial score (nSPS) is 25.9. The zero-order valence-electron chi connectivity index (χ0n) is 9.06. The molecule has 88 valence electrons. The van der Waals surface area contributed by atoms with Gasteiger partial charge in [0, 0.05) is 12.6 Å². The minimum atomic E-state index is -0.628. The summed E-state index contributed by atoms with van der Waals surface area (Å²) in [5.41, 5.74) is 10.7. The van der Waals surface area contributed by atoms with E-state index >= 15 is 0 Å². The Morgan fingerprint density at radius 1 is 1.47 bits per heavy atom. The molecule has 15 heavy (non-hydrogen) atoms. The highest BCUT2D eigenvalue weighted by Crippen LogP contribution is 2.16. The number of primary amides is 1. The maximum Gasteiger partial charge on any atom is 0.235 e. The molecule has 2 atom stereocenters. The zero-order valence-corrected chi connectivity index (χ0v) is 9.06. The van der Waals surface area contributed by atoms with E-state index in [1.54, 1.807) is 0 Å². The molecule has 0 aliphatic carbocycles. The third kappa shape index (κ3) is 3.77. The van der Waals surface area contributed by atoms with Crippen molar-refractivity contribution in [1.29, 1.82) is 0 Å². The first-order valence-corrected chi connectivity index (χ1v) is 5.55. The Bertz CT molecular complexity index is 211. The van der Waals surface area contributed by atoms with Crippen molar-refractivity contribution in [3.63, 3.8) is 0 Å². The van der Waals surface area contributed by atoms with E-state index in [4.69, 9.17) is 11.5 Å². The molecule has 0 bridgehead atoms. The highest BCUT2D eigenvalue weighted by molar-refractivity contribution is 5.79. The van der Waals surface area contributed by atoms with Crippen molar-refractivity contribution < 1.29 is 9.90 Å². The van der Waals surface area contributed by atoms with Crippen LogP contribution in [0, 0.1) is 0 Å². The number of amides is 1. The lowest BCUT2D eigenvalue weighted by Gasteiger charge is -2.29. The van der Waals surface area contributed by atoms with E-state index in [1.807, 2.05) is 0 Å². The van der Waals surface area contributed by atoms with Crippen LogP contribution in [-0.4, -0.2) is 47.7 Å². The fourth-order valence-electron chi connectivity index (χ4n) is 2.03. The number of carbonyl (C=O) groups excluding carboxylic acids is 1. The second-order valence-corrected chi connectivity index (χ2v) is 4.19. The standard InChI is InChI=1S/C10H21N3O2/c11-9(10(12)15)6-13-5-3-1-2-4-8(13)7-14/h8-9,14H,1-7,11H2,(H2,12,15). The molecule has 2 unspecified atom stereocenters. The lowest BCUT2D eigenvalue weighted by molar-refractivity contribution is -0.119. The Morgan fingerprint density at radius 3 is 2.80 bits per heavy atom. The minimum absolute atomic E-state index is 0.130. The van der Waals surface area contributed by atoms with Crippen LogP contribution >= 0.6 is 0 Å². The van der Waals surface area contributed by atoms with Gasteiger partial charge in [-0.3, -0.25) is 9.69 Å². The first-order valence-electron chi connectivity index (χ1n) is 5.55. The minimum Gasteiger partial charge on any atom is -0.395 e. The van der Waals surface area contributed by atoms with Gasteiger partial charge in [0.05, 0.1) is 12.6 Å². The molecule has 0 aromatic carbocycles. The quantitative estimate of drug-likeness (QED) is 0.563. The van der Waals surface area contributed by atoms with Crippen LogP contribution in [0.1, 0.15) is 25.7 Å². The van der Waals surface area contributed by atoms with Gasteiger partial charge in [-0.1, -0.05) is 12.8 Å². The number of hydrogen-bond acceptors (Lipinski definition) is 4. The molecular formula is C10H21N3O2. The molecular weight excluding hydrogens is 194 g/mol. The fraction of sp³-hybridized carbons (Fsp3) is 0.900. The Morgan fingerprint density at radius 2 is 2.20 bits per heavy atom. The number of nitrogens with two attached hydrogens (primary N) is 2. The second kappa shape index (κ2) is 6.05. The second-order valence-electron chi connectivity index (χ2n) is 4.19. The maximum atomic E-state index is 10.9. The number of hydrogen-bond donors (Lipinski definition) is 3. The summed E-state index contributed by atoms with van der Waals surface area (Å²) in [5, 5.41) is 9.24. The van der Waals surface area contributed by atoms with Gasteiger partial charge in [0.15, 0.2) is 0 Å². The summed E-state index contributed by atoms with van der Waals surface area (Å²) >= 11 is 0. The molecule has 1 rings (SSSR count). The molecule has 1 saturated heterocycles. The van der Waals surface area contributed by atoms with Crippen LogP contribution in [-0.2, 0) is 4.79 Å².